The highest BCUT2D eigenvalue weighted by atomic mass is 14.1. The Kier molecular flexibility index (Phi) is 3.51. The molecule has 0 N–H and O–H groups in total. The van der Waals surface area contributed by atoms with Crippen molar-refractivity contribution >= 4 is 0 Å². The van der Waals surface area contributed by atoms with Gasteiger partial charge in [0, 0.05) is 0 Å². The second kappa shape index (κ2) is 4.45. The first-order chi connectivity index (χ1) is 6.52. The van der Waals surface area contributed by atoms with Crippen LogP contribution in [0.25, 0.3) is 0 Å². The molecule has 0 unspecified atom stereocenters. The molecule has 0 aromatic heterocycles. The van der Waals surface area contributed by atoms with E-state index in [0.717, 1.165) is 12.8 Å². The van der Waals surface area contributed by atoms with Crippen molar-refractivity contribution in [2.45, 2.75) is 40.5 Å². The third-order valence-electron chi connectivity index (χ3n) is 2.99. The van der Waals surface area contributed by atoms with Crippen molar-refractivity contribution in [2.75, 3.05) is 0 Å². The summed E-state index contributed by atoms with van der Waals surface area (Å²) in [6.45, 7) is 12.6. The Labute approximate surface area is 87.7 Å². The highest BCUT2D eigenvalue weighted by Gasteiger charge is 2.03. The summed E-state index contributed by atoms with van der Waals surface area (Å²) in [6.07, 6.45) is 2.23. The van der Waals surface area contributed by atoms with Crippen LogP contribution in [0.3, 0.4) is 0 Å². The summed E-state index contributed by atoms with van der Waals surface area (Å²) in [5.74, 6) is 0. The molecule has 0 saturated heterocycles. The number of allylic oxidation sites excluding steroid dienone is 1. The van der Waals surface area contributed by atoms with E-state index in [-0.39, 0.29) is 0 Å². The number of hydrogen-bond acceptors (Lipinski definition) is 0. The lowest BCUT2D eigenvalue weighted by atomic mass is 9.95. The summed E-state index contributed by atoms with van der Waals surface area (Å²) < 4.78 is 0. The molecule has 0 amide bonds. The van der Waals surface area contributed by atoms with Gasteiger partial charge in [0.1, 0.15) is 0 Å². The normalized spacial score (nSPS) is 10.3. The van der Waals surface area contributed by atoms with Crippen LogP contribution >= 0.6 is 0 Å². The zero-order valence-electron chi connectivity index (χ0n) is 9.78. The van der Waals surface area contributed by atoms with Gasteiger partial charge in [-0.3, -0.25) is 0 Å². The maximum Gasteiger partial charge on any atom is -0.0239 e. The molecule has 0 bridgehead atoms. The molecule has 0 aliphatic heterocycles. The molecule has 0 heterocycles. The molecular weight excluding hydrogens is 168 g/mol. The lowest BCUT2D eigenvalue weighted by Gasteiger charge is -2.10. The van der Waals surface area contributed by atoms with Crippen LogP contribution in [0.5, 0.6) is 0 Å². The van der Waals surface area contributed by atoms with Crippen molar-refractivity contribution in [2.24, 2.45) is 0 Å². The van der Waals surface area contributed by atoms with Crippen molar-refractivity contribution in [1.29, 1.82) is 0 Å². The van der Waals surface area contributed by atoms with E-state index < -0.39 is 0 Å². The van der Waals surface area contributed by atoms with Crippen LogP contribution in [0.2, 0.25) is 0 Å². The molecule has 1 aromatic carbocycles. The molecule has 0 radical (unpaired) electrons. The summed E-state index contributed by atoms with van der Waals surface area (Å²) in [5, 5.41) is 0. The van der Waals surface area contributed by atoms with Gasteiger partial charge in [-0.05, 0) is 62.8 Å². The molecule has 0 nitrogen and oxygen atoms in total. The highest BCUT2D eigenvalue weighted by molar-refractivity contribution is 5.38. The second-order valence-corrected chi connectivity index (χ2v) is 4.25. The second-order valence-electron chi connectivity index (χ2n) is 4.25. The molecule has 1 aromatic rings. The van der Waals surface area contributed by atoms with Gasteiger partial charge in [-0.15, -0.1) is 6.58 Å². The van der Waals surface area contributed by atoms with Crippen LogP contribution in [-0.2, 0) is 6.42 Å². The van der Waals surface area contributed by atoms with Crippen molar-refractivity contribution in [3.05, 3.63) is 46.5 Å². The number of aryl methyl sites for hydroxylation is 2. The van der Waals surface area contributed by atoms with Gasteiger partial charge in [0.2, 0.25) is 0 Å². The minimum absolute atomic E-state index is 1.10. The van der Waals surface area contributed by atoms with Gasteiger partial charge in [-0.1, -0.05) is 17.7 Å². The Hall–Kier alpha value is -1.04. The molecule has 0 aliphatic carbocycles. The zero-order valence-corrected chi connectivity index (χ0v) is 9.78. The standard InChI is InChI=1S/C14H20/c1-10(2)6-8-14-9-7-11(3)12(4)13(14)5/h7,9H,1,6,8H2,2-5H3. The molecule has 0 fully saturated rings. The van der Waals surface area contributed by atoms with Gasteiger partial charge in [0.05, 0.1) is 0 Å². The predicted octanol–water partition coefficient (Wildman–Crippen LogP) is 4.12. The molecule has 14 heavy (non-hydrogen) atoms. The first-order valence-corrected chi connectivity index (χ1v) is 5.22. The molecule has 0 atom stereocenters. The molecule has 0 spiro atoms. The lowest BCUT2D eigenvalue weighted by molar-refractivity contribution is 0.931. The fourth-order valence-electron chi connectivity index (χ4n) is 1.63. The molecule has 0 aliphatic rings. The number of rotatable bonds is 3. The van der Waals surface area contributed by atoms with E-state index in [1.165, 1.54) is 27.8 Å². The van der Waals surface area contributed by atoms with Gasteiger partial charge in [-0.2, -0.15) is 0 Å². The van der Waals surface area contributed by atoms with E-state index in [0.29, 0.717) is 0 Å². The van der Waals surface area contributed by atoms with Crippen LogP contribution < -0.4 is 0 Å². The largest absolute Gasteiger partial charge is 0.100 e. The van der Waals surface area contributed by atoms with Crippen molar-refractivity contribution in [3.8, 4) is 0 Å². The fourth-order valence-corrected chi connectivity index (χ4v) is 1.63. The van der Waals surface area contributed by atoms with Gasteiger partial charge in [0.25, 0.3) is 0 Å². The van der Waals surface area contributed by atoms with E-state index in [1.807, 2.05) is 0 Å². The van der Waals surface area contributed by atoms with Crippen LogP contribution in [0.1, 0.15) is 35.6 Å². The minimum atomic E-state index is 1.10. The Morgan fingerprint density at radius 3 is 2.36 bits per heavy atom. The van der Waals surface area contributed by atoms with E-state index in [9.17, 15) is 0 Å². The molecule has 0 heteroatoms. The van der Waals surface area contributed by atoms with Gasteiger partial charge >= 0.3 is 0 Å². The summed E-state index contributed by atoms with van der Waals surface area (Å²) in [6, 6.07) is 4.47. The first-order valence-electron chi connectivity index (χ1n) is 5.22. The van der Waals surface area contributed by atoms with Crippen LogP contribution in [0.4, 0.5) is 0 Å². The topological polar surface area (TPSA) is 0 Å². The summed E-state index contributed by atoms with van der Waals surface area (Å²) in [5.41, 5.74) is 7.01. The van der Waals surface area contributed by atoms with E-state index in [2.05, 4.69) is 46.4 Å². The number of hydrogen-bond donors (Lipinski definition) is 0. The smallest absolute Gasteiger partial charge is 0.0239 e. The van der Waals surface area contributed by atoms with Gasteiger partial charge in [-0.25, -0.2) is 0 Å². The molecule has 0 saturated carbocycles. The first kappa shape index (κ1) is 11.0. The maximum atomic E-state index is 3.94. The maximum absolute atomic E-state index is 3.94. The van der Waals surface area contributed by atoms with Gasteiger partial charge in [0.15, 0.2) is 0 Å². The van der Waals surface area contributed by atoms with E-state index in [4.69, 9.17) is 0 Å². The quantitative estimate of drug-likeness (QED) is 0.626. The van der Waals surface area contributed by atoms with Crippen molar-refractivity contribution in [3.63, 3.8) is 0 Å². The SMILES string of the molecule is C=C(C)CCc1ccc(C)c(C)c1C. The Balaban J connectivity index is 2.88. The zero-order chi connectivity index (χ0) is 10.7. The van der Waals surface area contributed by atoms with E-state index in [1.54, 1.807) is 0 Å². The summed E-state index contributed by atoms with van der Waals surface area (Å²) >= 11 is 0. The predicted molar refractivity (Wildman–Crippen MR) is 63.8 cm³/mol. The Morgan fingerprint density at radius 1 is 1.14 bits per heavy atom. The highest BCUT2D eigenvalue weighted by Crippen LogP contribution is 2.19. The Bertz CT molecular complexity index is 345. The summed E-state index contributed by atoms with van der Waals surface area (Å²) in [4.78, 5) is 0. The monoisotopic (exact) mass is 188 g/mol. The van der Waals surface area contributed by atoms with Crippen molar-refractivity contribution < 1.29 is 0 Å². The van der Waals surface area contributed by atoms with Crippen LogP contribution in [0.15, 0.2) is 24.3 Å². The number of benzene rings is 1. The molecular formula is C14H20. The Morgan fingerprint density at radius 2 is 1.79 bits per heavy atom. The average Bonchev–Trinajstić information content (AvgIpc) is 2.13. The third kappa shape index (κ3) is 2.47. The summed E-state index contributed by atoms with van der Waals surface area (Å²) in [7, 11) is 0. The third-order valence-corrected chi connectivity index (χ3v) is 2.99. The molecule has 1 rings (SSSR count). The van der Waals surface area contributed by atoms with Gasteiger partial charge < -0.3 is 0 Å². The van der Waals surface area contributed by atoms with Crippen molar-refractivity contribution in [1.82, 2.24) is 0 Å². The van der Waals surface area contributed by atoms with Crippen LogP contribution in [0, 0.1) is 20.8 Å². The average molecular weight is 188 g/mol. The van der Waals surface area contributed by atoms with E-state index >= 15 is 0 Å². The molecule has 76 valence electrons. The minimum Gasteiger partial charge on any atom is -0.100 e. The fraction of sp³-hybridized carbons (Fsp3) is 0.429. The lowest BCUT2D eigenvalue weighted by Crippen LogP contribution is -1.95. The van der Waals surface area contributed by atoms with Crippen LogP contribution in [-0.4, -0.2) is 0 Å².